The van der Waals surface area contributed by atoms with Crippen molar-refractivity contribution in [3.05, 3.63) is 11.4 Å². The lowest BCUT2D eigenvalue weighted by atomic mass is 10.3. The molecule has 102 valence electrons. The summed E-state index contributed by atoms with van der Waals surface area (Å²) in [5, 5.41) is 16.3. The molecule has 2 N–H and O–H groups in total. The van der Waals surface area contributed by atoms with Crippen molar-refractivity contribution in [2.45, 2.75) is 26.9 Å². The van der Waals surface area contributed by atoms with Gasteiger partial charge >= 0.3 is 0 Å². The molecule has 0 aromatic carbocycles. The van der Waals surface area contributed by atoms with Crippen molar-refractivity contribution in [2.75, 3.05) is 25.5 Å². The van der Waals surface area contributed by atoms with E-state index in [4.69, 9.17) is 0 Å². The van der Waals surface area contributed by atoms with Crippen LogP contribution in [0.15, 0.2) is 0 Å². The minimum Gasteiger partial charge on any atom is -0.392 e. The van der Waals surface area contributed by atoms with Gasteiger partial charge in [-0.05, 0) is 27.8 Å². The highest BCUT2D eigenvalue weighted by Crippen LogP contribution is 2.17. The van der Waals surface area contributed by atoms with Crippen LogP contribution in [-0.4, -0.2) is 51.9 Å². The molecule has 0 radical (unpaired) electrons. The minimum atomic E-state index is -0.440. The van der Waals surface area contributed by atoms with E-state index in [-0.39, 0.29) is 12.5 Å². The topological polar surface area (TPSA) is 70.4 Å². The molecule has 18 heavy (non-hydrogen) atoms. The van der Waals surface area contributed by atoms with Crippen LogP contribution in [0.2, 0.25) is 0 Å². The van der Waals surface area contributed by atoms with Crippen LogP contribution in [0.1, 0.15) is 18.3 Å². The summed E-state index contributed by atoms with van der Waals surface area (Å²) in [7, 11) is 3.65. The predicted octanol–water partition coefficient (Wildman–Crippen LogP) is 0.288. The zero-order chi connectivity index (χ0) is 13.9. The SMILES string of the molecule is Cc1nn(C)c(C)c1NC(=O)CN(C)CC(C)O. The molecule has 1 heterocycles. The Morgan fingerprint density at radius 1 is 1.56 bits per heavy atom. The fraction of sp³-hybridized carbons (Fsp3) is 0.667. The number of hydrogen-bond acceptors (Lipinski definition) is 4. The third kappa shape index (κ3) is 3.82. The number of rotatable bonds is 5. The Hall–Kier alpha value is -1.40. The summed E-state index contributed by atoms with van der Waals surface area (Å²) >= 11 is 0. The van der Waals surface area contributed by atoms with Crippen molar-refractivity contribution in [2.24, 2.45) is 7.05 Å². The summed E-state index contributed by atoms with van der Waals surface area (Å²) in [5.74, 6) is -0.0997. The number of amides is 1. The standard InChI is InChI=1S/C12H22N4O2/c1-8(17)6-15(4)7-11(18)13-12-9(2)14-16(5)10(12)3/h8,17H,6-7H2,1-5H3,(H,13,18). The monoisotopic (exact) mass is 254 g/mol. The highest BCUT2D eigenvalue weighted by molar-refractivity contribution is 5.93. The van der Waals surface area contributed by atoms with Gasteiger partial charge < -0.3 is 10.4 Å². The second kappa shape index (κ2) is 5.97. The van der Waals surface area contributed by atoms with Crippen LogP contribution >= 0.6 is 0 Å². The van der Waals surface area contributed by atoms with E-state index in [1.165, 1.54) is 0 Å². The maximum Gasteiger partial charge on any atom is 0.238 e. The molecule has 1 aromatic rings. The molecule has 1 aromatic heterocycles. The van der Waals surface area contributed by atoms with Crippen LogP contribution < -0.4 is 5.32 Å². The number of likely N-dealkylation sites (N-methyl/N-ethyl adjacent to an activating group) is 1. The molecule has 0 aliphatic rings. The maximum atomic E-state index is 11.8. The van der Waals surface area contributed by atoms with Crippen LogP contribution in [0.25, 0.3) is 0 Å². The van der Waals surface area contributed by atoms with Gasteiger partial charge in [0.05, 0.1) is 29.7 Å². The van der Waals surface area contributed by atoms with Gasteiger partial charge in [-0.2, -0.15) is 5.10 Å². The van der Waals surface area contributed by atoms with Crippen molar-refractivity contribution >= 4 is 11.6 Å². The maximum absolute atomic E-state index is 11.8. The lowest BCUT2D eigenvalue weighted by Crippen LogP contribution is -2.34. The molecule has 0 bridgehead atoms. The summed E-state index contributed by atoms with van der Waals surface area (Å²) in [6.07, 6.45) is -0.440. The number of carbonyl (C=O) groups is 1. The van der Waals surface area contributed by atoms with E-state index in [9.17, 15) is 9.90 Å². The Morgan fingerprint density at radius 2 is 2.17 bits per heavy atom. The van der Waals surface area contributed by atoms with Crippen molar-refractivity contribution in [1.29, 1.82) is 0 Å². The number of hydrogen-bond donors (Lipinski definition) is 2. The second-order valence-corrected chi connectivity index (χ2v) is 4.76. The van der Waals surface area contributed by atoms with Gasteiger partial charge in [-0.1, -0.05) is 0 Å². The average Bonchev–Trinajstić information content (AvgIpc) is 2.43. The smallest absolute Gasteiger partial charge is 0.238 e. The molecule has 6 nitrogen and oxygen atoms in total. The first-order chi connectivity index (χ1) is 8.31. The number of nitrogens with zero attached hydrogens (tertiary/aromatic N) is 3. The highest BCUT2D eigenvalue weighted by atomic mass is 16.3. The number of aliphatic hydroxyl groups is 1. The number of aromatic nitrogens is 2. The molecular weight excluding hydrogens is 232 g/mol. The Kier molecular flexibility index (Phi) is 4.86. The van der Waals surface area contributed by atoms with E-state index in [2.05, 4.69) is 10.4 Å². The first-order valence-corrected chi connectivity index (χ1v) is 5.98. The van der Waals surface area contributed by atoms with Gasteiger partial charge in [-0.15, -0.1) is 0 Å². The summed E-state index contributed by atoms with van der Waals surface area (Å²) in [6.45, 7) is 6.19. The molecular formula is C12H22N4O2. The molecule has 1 unspecified atom stereocenters. The van der Waals surface area contributed by atoms with E-state index >= 15 is 0 Å². The molecule has 6 heteroatoms. The quantitative estimate of drug-likeness (QED) is 0.792. The van der Waals surface area contributed by atoms with Gasteiger partial charge in [0.25, 0.3) is 0 Å². The largest absolute Gasteiger partial charge is 0.392 e. The summed E-state index contributed by atoms with van der Waals surface area (Å²) in [4.78, 5) is 13.6. The van der Waals surface area contributed by atoms with E-state index < -0.39 is 6.10 Å². The fourth-order valence-electron chi connectivity index (χ4n) is 1.89. The number of carbonyl (C=O) groups excluding carboxylic acids is 1. The van der Waals surface area contributed by atoms with Gasteiger partial charge in [0, 0.05) is 13.6 Å². The number of aryl methyl sites for hydroxylation is 2. The lowest BCUT2D eigenvalue weighted by molar-refractivity contribution is -0.117. The van der Waals surface area contributed by atoms with Gasteiger partial charge in [0.15, 0.2) is 0 Å². The first kappa shape index (κ1) is 14.7. The van der Waals surface area contributed by atoms with E-state index in [1.807, 2.05) is 20.9 Å². The molecule has 0 aliphatic heterocycles. The van der Waals surface area contributed by atoms with Crippen LogP contribution in [0.3, 0.4) is 0 Å². The molecule has 1 rings (SSSR count). The molecule has 0 aliphatic carbocycles. The fourth-order valence-corrected chi connectivity index (χ4v) is 1.89. The highest BCUT2D eigenvalue weighted by Gasteiger charge is 2.14. The van der Waals surface area contributed by atoms with Gasteiger partial charge in [0.1, 0.15) is 0 Å². The van der Waals surface area contributed by atoms with E-state index in [0.717, 1.165) is 17.1 Å². The lowest BCUT2D eigenvalue weighted by Gasteiger charge is -2.17. The van der Waals surface area contributed by atoms with Crippen molar-refractivity contribution in [3.63, 3.8) is 0 Å². The molecule has 0 saturated carbocycles. The summed E-state index contributed by atoms with van der Waals surface area (Å²) in [6, 6.07) is 0. The number of aliphatic hydroxyl groups excluding tert-OH is 1. The van der Waals surface area contributed by atoms with Crippen molar-refractivity contribution in [1.82, 2.24) is 14.7 Å². The third-order valence-corrected chi connectivity index (χ3v) is 2.76. The summed E-state index contributed by atoms with van der Waals surface area (Å²) in [5.41, 5.74) is 2.51. The second-order valence-electron chi connectivity index (χ2n) is 4.76. The predicted molar refractivity (Wildman–Crippen MR) is 70.5 cm³/mol. The van der Waals surface area contributed by atoms with Crippen LogP contribution in [0.4, 0.5) is 5.69 Å². The Balaban J connectivity index is 2.60. The van der Waals surface area contributed by atoms with E-state index in [0.29, 0.717) is 6.54 Å². The van der Waals surface area contributed by atoms with Crippen LogP contribution in [0, 0.1) is 13.8 Å². The zero-order valence-electron chi connectivity index (χ0n) is 11.7. The first-order valence-electron chi connectivity index (χ1n) is 5.98. The Labute approximate surface area is 108 Å². The van der Waals surface area contributed by atoms with Gasteiger partial charge in [-0.3, -0.25) is 14.4 Å². The molecule has 1 atom stereocenters. The van der Waals surface area contributed by atoms with Crippen LogP contribution in [0.5, 0.6) is 0 Å². The van der Waals surface area contributed by atoms with Crippen molar-refractivity contribution < 1.29 is 9.90 Å². The van der Waals surface area contributed by atoms with Gasteiger partial charge in [-0.25, -0.2) is 0 Å². The molecule has 0 fully saturated rings. The van der Waals surface area contributed by atoms with E-state index in [1.54, 1.807) is 23.6 Å². The number of anilines is 1. The van der Waals surface area contributed by atoms with Gasteiger partial charge in [0.2, 0.25) is 5.91 Å². The zero-order valence-corrected chi connectivity index (χ0v) is 11.7. The molecule has 0 spiro atoms. The molecule has 0 saturated heterocycles. The average molecular weight is 254 g/mol. The summed E-state index contributed by atoms with van der Waals surface area (Å²) < 4.78 is 1.74. The third-order valence-electron chi connectivity index (χ3n) is 2.76. The minimum absolute atomic E-state index is 0.0997. The number of nitrogens with one attached hydrogen (secondary N) is 1. The Bertz CT molecular complexity index is 426. The molecule has 1 amide bonds. The van der Waals surface area contributed by atoms with Crippen molar-refractivity contribution in [3.8, 4) is 0 Å². The normalized spacial score (nSPS) is 12.8. The van der Waals surface area contributed by atoms with Crippen LogP contribution in [-0.2, 0) is 11.8 Å². The Morgan fingerprint density at radius 3 is 2.61 bits per heavy atom.